The van der Waals surface area contributed by atoms with Crippen molar-refractivity contribution < 1.29 is 22.8 Å². The monoisotopic (exact) mass is 361 g/mol. The van der Waals surface area contributed by atoms with E-state index in [9.17, 15) is 23.3 Å². The Kier molecular flexibility index (Phi) is 4.46. The average molecular weight is 362 g/mol. The lowest BCUT2D eigenvalue weighted by atomic mass is 10.2. The summed E-state index contributed by atoms with van der Waals surface area (Å²) in [6.45, 7) is 0. The van der Waals surface area contributed by atoms with Crippen LogP contribution in [-0.4, -0.2) is 4.92 Å². The van der Waals surface area contributed by atoms with E-state index in [2.05, 4.69) is 15.9 Å². The SMILES string of the molecule is O=[N+]([O-])c1ccc(Oc2cc(F)cc(Br)c2)c(C(F)F)c1. The lowest BCUT2D eigenvalue weighted by Crippen LogP contribution is -1.96. The number of nitro groups is 1. The van der Waals surface area contributed by atoms with Gasteiger partial charge in [0.1, 0.15) is 17.3 Å². The molecule has 21 heavy (non-hydrogen) atoms. The minimum atomic E-state index is -2.96. The molecule has 0 aliphatic carbocycles. The van der Waals surface area contributed by atoms with Crippen molar-refractivity contribution in [3.8, 4) is 11.5 Å². The van der Waals surface area contributed by atoms with Gasteiger partial charge >= 0.3 is 0 Å². The highest BCUT2D eigenvalue weighted by molar-refractivity contribution is 9.10. The summed E-state index contributed by atoms with van der Waals surface area (Å²) in [5.41, 5.74) is -1.11. The summed E-state index contributed by atoms with van der Waals surface area (Å²) in [4.78, 5) is 9.82. The molecule has 4 nitrogen and oxygen atoms in total. The smallest absolute Gasteiger partial charge is 0.270 e. The molecule has 2 aromatic carbocycles. The Morgan fingerprint density at radius 1 is 1.19 bits per heavy atom. The molecule has 110 valence electrons. The standard InChI is InChI=1S/C13H7BrF3NO3/c14-7-3-8(15)5-10(4-7)21-12-2-1-9(18(19)20)6-11(12)13(16)17/h1-6,13H. The van der Waals surface area contributed by atoms with Crippen LogP contribution in [-0.2, 0) is 0 Å². The maximum atomic E-state index is 13.2. The zero-order valence-electron chi connectivity index (χ0n) is 10.2. The third kappa shape index (κ3) is 3.72. The lowest BCUT2D eigenvalue weighted by molar-refractivity contribution is -0.385. The number of hydrogen-bond donors (Lipinski definition) is 0. The molecule has 0 heterocycles. The molecular formula is C13H7BrF3NO3. The average Bonchev–Trinajstić information content (AvgIpc) is 2.37. The first kappa shape index (κ1) is 15.3. The van der Waals surface area contributed by atoms with Crippen LogP contribution in [0.25, 0.3) is 0 Å². The molecule has 0 bridgehead atoms. The van der Waals surface area contributed by atoms with Gasteiger partial charge in [-0.05, 0) is 18.2 Å². The number of benzene rings is 2. The number of non-ortho nitro benzene ring substituents is 1. The molecule has 0 unspecified atom stereocenters. The highest BCUT2D eigenvalue weighted by Crippen LogP contribution is 2.35. The number of alkyl halides is 2. The van der Waals surface area contributed by atoms with Crippen LogP contribution in [0.2, 0.25) is 0 Å². The Morgan fingerprint density at radius 3 is 2.48 bits per heavy atom. The van der Waals surface area contributed by atoms with E-state index in [0.29, 0.717) is 4.47 Å². The van der Waals surface area contributed by atoms with Gasteiger partial charge in [-0.1, -0.05) is 15.9 Å². The number of ether oxygens (including phenoxy) is 1. The van der Waals surface area contributed by atoms with Crippen molar-refractivity contribution in [3.05, 3.63) is 62.4 Å². The van der Waals surface area contributed by atoms with Crippen molar-refractivity contribution in [2.24, 2.45) is 0 Å². The van der Waals surface area contributed by atoms with Crippen molar-refractivity contribution in [1.29, 1.82) is 0 Å². The second-order valence-electron chi connectivity index (χ2n) is 3.99. The van der Waals surface area contributed by atoms with E-state index in [4.69, 9.17) is 4.74 Å². The second-order valence-corrected chi connectivity index (χ2v) is 4.90. The summed E-state index contributed by atoms with van der Waals surface area (Å²) >= 11 is 3.05. The molecule has 0 aliphatic heterocycles. The van der Waals surface area contributed by atoms with Crippen LogP contribution in [0, 0.1) is 15.9 Å². The van der Waals surface area contributed by atoms with E-state index < -0.39 is 28.4 Å². The van der Waals surface area contributed by atoms with Crippen LogP contribution < -0.4 is 4.74 Å². The van der Waals surface area contributed by atoms with E-state index in [1.54, 1.807) is 0 Å². The number of nitro benzene ring substituents is 1. The van der Waals surface area contributed by atoms with Crippen molar-refractivity contribution in [3.63, 3.8) is 0 Å². The molecular weight excluding hydrogens is 355 g/mol. The fourth-order valence-electron chi connectivity index (χ4n) is 1.63. The Balaban J connectivity index is 2.41. The van der Waals surface area contributed by atoms with Gasteiger partial charge < -0.3 is 4.74 Å². The first-order valence-electron chi connectivity index (χ1n) is 5.57. The van der Waals surface area contributed by atoms with Gasteiger partial charge in [0.25, 0.3) is 12.1 Å². The van der Waals surface area contributed by atoms with E-state index in [0.717, 1.165) is 24.3 Å². The van der Waals surface area contributed by atoms with Crippen molar-refractivity contribution in [2.45, 2.75) is 6.43 Å². The largest absolute Gasteiger partial charge is 0.457 e. The van der Waals surface area contributed by atoms with Crippen LogP contribution in [0.15, 0.2) is 40.9 Å². The summed E-state index contributed by atoms with van der Waals surface area (Å²) in [6.07, 6.45) is -2.96. The highest BCUT2D eigenvalue weighted by atomic mass is 79.9. The van der Waals surface area contributed by atoms with Gasteiger partial charge in [-0.15, -0.1) is 0 Å². The first-order valence-corrected chi connectivity index (χ1v) is 6.36. The summed E-state index contributed by atoms with van der Waals surface area (Å²) < 4.78 is 44.7. The minimum absolute atomic E-state index is 0.00220. The molecule has 0 aromatic heterocycles. The first-order chi connectivity index (χ1) is 9.86. The van der Waals surface area contributed by atoms with Gasteiger partial charge in [0.2, 0.25) is 0 Å². The fourth-order valence-corrected chi connectivity index (χ4v) is 2.07. The molecule has 0 radical (unpaired) electrons. The maximum absolute atomic E-state index is 13.2. The predicted molar refractivity (Wildman–Crippen MR) is 72.2 cm³/mol. The number of nitrogens with zero attached hydrogens (tertiary/aromatic N) is 1. The zero-order chi connectivity index (χ0) is 15.6. The molecule has 8 heteroatoms. The fraction of sp³-hybridized carbons (Fsp3) is 0.0769. The van der Waals surface area contributed by atoms with Gasteiger partial charge in [-0.2, -0.15) is 0 Å². The van der Waals surface area contributed by atoms with Gasteiger partial charge in [-0.3, -0.25) is 10.1 Å². The van der Waals surface area contributed by atoms with Crippen LogP contribution in [0.1, 0.15) is 12.0 Å². The Labute approximate surface area is 125 Å². The molecule has 0 spiro atoms. The van der Waals surface area contributed by atoms with Gasteiger partial charge in [0, 0.05) is 22.7 Å². The van der Waals surface area contributed by atoms with E-state index in [1.165, 1.54) is 12.1 Å². The lowest BCUT2D eigenvalue weighted by Gasteiger charge is -2.11. The molecule has 0 N–H and O–H groups in total. The van der Waals surface area contributed by atoms with Gasteiger partial charge in [0.05, 0.1) is 10.5 Å². The topological polar surface area (TPSA) is 52.4 Å². The molecule has 0 amide bonds. The van der Waals surface area contributed by atoms with Crippen LogP contribution in [0.4, 0.5) is 18.9 Å². The molecule has 0 atom stereocenters. The molecule has 2 aromatic rings. The van der Waals surface area contributed by atoms with Crippen LogP contribution in [0.5, 0.6) is 11.5 Å². The molecule has 2 rings (SSSR count). The summed E-state index contributed by atoms with van der Waals surface area (Å²) in [7, 11) is 0. The third-order valence-electron chi connectivity index (χ3n) is 2.50. The number of halogens is 4. The van der Waals surface area contributed by atoms with Gasteiger partial charge in [0.15, 0.2) is 0 Å². The number of hydrogen-bond acceptors (Lipinski definition) is 3. The van der Waals surface area contributed by atoms with E-state index >= 15 is 0 Å². The van der Waals surface area contributed by atoms with E-state index in [-0.39, 0.29) is 11.5 Å². The second kappa shape index (κ2) is 6.13. The molecule has 0 fully saturated rings. The molecule has 0 saturated heterocycles. The molecule has 0 saturated carbocycles. The zero-order valence-corrected chi connectivity index (χ0v) is 11.8. The van der Waals surface area contributed by atoms with Crippen molar-refractivity contribution in [1.82, 2.24) is 0 Å². The third-order valence-corrected chi connectivity index (χ3v) is 2.96. The highest BCUT2D eigenvalue weighted by Gasteiger charge is 2.19. The van der Waals surface area contributed by atoms with Crippen LogP contribution >= 0.6 is 15.9 Å². The maximum Gasteiger partial charge on any atom is 0.270 e. The normalized spacial score (nSPS) is 10.7. The van der Waals surface area contributed by atoms with E-state index in [1.807, 2.05) is 0 Å². The van der Waals surface area contributed by atoms with Crippen molar-refractivity contribution >= 4 is 21.6 Å². The Morgan fingerprint density at radius 2 is 1.90 bits per heavy atom. The predicted octanol–water partition coefficient (Wildman–Crippen LogP) is 5.23. The quantitative estimate of drug-likeness (QED) is 0.553. The molecule has 0 aliphatic rings. The minimum Gasteiger partial charge on any atom is -0.457 e. The van der Waals surface area contributed by atoms with Crippen LogP contribution in [0.3, 0.4) is 0 Å². The summed E-state index contributed by atoms with van der Waals surface area (Å²) in [5, 5.41) is 10.6. The van der Waals surface area contributed by atoms with Gasteiger partial charge in [-0.25, -0.2) is 13.2 Å². The van der Waals surface area contributed by atoms with Crippen molar-refractivity contribution in [2.75, 3.05) is 0 Å². The Bertz CT molecular complexity index is 674. The Hall–Kier alpha value is -2.09. The summed E-state index contributed by atoms with van der Waals surface area (Å²) in [6, 6.07) is 6.40. The summed E-state index contributed by atoms with van der Waals surface area (Å²) in [5.74, 6) is -0.884. The number of rotatable bonds is 4.